The van der Waals surface area contributed by atoms with E-state index < -0.39 is 10.0 Å². The number of imidazole rings is 1. The first-order valence-electron chi connectivity index (χ1n) is 5.75. The van der Waals surface area contributed by atoms with Gasteiger partial charge in [0, 0.05) is 25.3 Å². The van der Waals surface area contributed by atoms with Crippen molar-refractivity contribution in [3.63, 3.8) is 0 Å². The zero-order chi connectivity index (χ0) is 12.5. The fraction of sp³-hybridized carbons (Fsp3) is 0.700. The van der Waals surface area contributed by atoms with E-state index in [4.69, 9.17) is 5.73 Å². The smallest absolute Gasteiger partial charge is 0.259 e. The molecule has 2 atom stereocenters. The van der Waals surface area contributed by atoms with Crippen molar-refractivity contribution in [2.45, 2.75) is 42.8 Å². The van der Waals surface area contributed by atoms with Crippen LogP contribution >= 0.6 is 0 Å². The second-order valence-electron chi connectivity index (χ2n) is 4.55. The van der Waals surface area contributed by atoms with Gasteiger partial charge in [-0.25, -0.2) is 18.1 Å². The first kappa shape index (κ1) is 12.5. The summed E-state index contributed by atoms with van der Waals surface area (Å²) in [4.78, 5) is 3.85. The average molecular weight is 258 g/mol. The van der Waals surface area contributed by atoms with Crippen LogP contribution in [0.3, 0.4) is 0 Å². The molecule has 1 aliphatic rings. The average Bonchev–Trinajstić information content (AvgIpc) is 2.69. The summed E-state index contributed by atoms with van der Waals surface area (Å²) in [6, 6.07) is -0.266. The van der Waals surface area contributed by atoms with Crippen molar-refractivity contribution >= 4 is 10.0 Å². The lowest BCUT2D eigenvalue weighted by Crippen LogP contribution is -2.49. The van der Waals surface area contributed by atoms with Gasteiger partial charge in [0.1, 0.15) is 0 Å². The van der Waals surface area contributed by atoms with E-state index in [9.17, 15) is 8.42 Å². The van der Waals surface area contributed by atoms with Gasteiger partial charge in [-0.2, -0.15) is 0 Å². The number of nitrogens with one attached hydrogen (secondary N) is 1. The Hall–Kier alpha value is -0.920. The Morgan fingerprint density at radius 3 is 2.76 bits per heavy atom. The molecule has 2 unspecified atom stereocenters. The third-order valence-corrected chi connectivity index (χ3v) is 4.46. The van der Waals surface area contributed by atoms with Crippen LogP contribution in [0.5, 0.6) is 0 Å². The maximum Gasteiger partial charge on any atom is 0.259 e. The van der Waals surface area contributed by atoms with E-state index in [1.165, 1.54) is 12.5 Å². The molecule has 2 rings (SSSR count). The molecule has 96 valence electrons. The number of hydrogen-bond donors (Lipinski definition) is 2. The van der Waals surface area contributed by atoms with Gasteiger partial charge in [0.15, 0.2) is 5.03 Å². The molecule has 0 aromatic carbocycles. The van der Waals surface area contributed by atoms with Crippen LogP contribution in [0.1, 0.15) is 25.7 Å². The molecule has 1 fully saturated rings. The van der Waals surface area contributed by atoms with E-state index in [0.29, 0.717) is 0 Å². The minimum absolute atomic E-state index is 0.0535. The van der Waals surface area contributed by atoms with E-state index in [1.54, 1.807) is 11.6 Å². The molecule has 1 aliphatic carbocycles. The maximum absolute atomic E-state index is 12.0. The minimum atomic E-state index is -3.53. The zero-order valence-corrected chi connectivity index (χ0v) is 10.7. The molecule has 17 heavy (non-hydrogen) atoms. The van der Waals surface area contributed by atoms with Gasteiger partial charge in [-0.3, -0.25) is 0 Å². The van der Waals surface area contributed by atoms with Gasteiger partial charge in [0.05, 0.1) is 6.33 Å². The van der Waals surface area contributed by atoms with Crippen molar-refractivity contribution in [3.05, 3.63) is 12.5 Å². The summed E-state index contributed by atoms with van der Waals surface area (Å²) in [5.41, 5.74) is 5.92. The Morgan fingerprint density at radius 1 is 1.47 bits per heavy atom. The molecule has 3 N–H and O–H groups in total. The molecule has 1 saturated carbocycles. The maximum atomic E-state index is 12.0. The number of nitrogens with two attached hydrogens (primary N) is 1. The predicted octanol–water partition coefficient (Wildman–Crippen LogP) is -0.0317. The van der Waals surface area contributed by atoms with Crippen LogP contribution in [-0.2, 0) is 17.1 Å². The van der Waals surface area contributed by atoms with Gasteiger partial charge < -0.3 is 10.3 Å². The number of nitrogens with zero attached hydrogens (tertiary/aromatic N) is 2. The molecule has 0 amide bonds. The van der Waals surface area contributed by atoms with Gasteiger partial charge in [0.25, 0.3) is 10.0 Å². The van der Waals surface area contributed by atoms with Crippen LogP contribution in [0, 0.1) is 0 Å². The second-order valence-corrected chi connectivity index (χ2v) is 6.21. The van der Waals surface area contributed by atoms with E-state index in [-0.39, 0.29) is 17.1 Å². The summed E-state index contributed by atoms with van der Waals surface area (Å²) in [5.74, 6) is 0. The highest BCUT2D eigenvalue weighted by molar-refractivity contribution is 7.89. The van der Waals surface area contributed by atoms with Crippen molar-refractivity contribution in [1.29, 1.82) is 0 Å². The van der Waals surface area contributed by atoms with Crippen molar-refractivity contribution in [1.82, 2.24) is 14.3 Å². The molecule has 0 bridgehead atoms. The summed E-state index contributed by atoms with van der Waals surface area (Å²) in [7, 11) is -1.80. The van der Waals surface area contributed by atoms with Crippen LogP contribution in [0.25, 0.3) is 0 Å². The van der Waals surface area contributed by atoms with E-state index >= 15 is 0 Å². The molecular formula is C10H18N4O2S. The van der Waals surface area contributed by atoms with E-state index in [0.717, 1.165) is 25.7 Å². The van der Waals surface area contributed by atoms with E-state index in [2.05, 4.69) is 9.71 Å². The summed E-state index contributed by atoms with van der Waals surface area (Å²) in [5, 5.41) is 0.0535. The first-order valence-corrected chi connectivity index (χ1v) is 7.23. The Morgan fingerprint density at radius 2 is 2.18 bits per heavy atom. The Balaban J connectivity index is 2.11. The molecule has 1 aromatic heterocycles. The monoisotopic (exact) mass is 258 g/mol. The molecule has 0 radical (unpaired) electrons. The second kappa shape index (κ2) is 4.75. The van der Waals surface area contributed by atoms with Gasteiger partial charge in [-0.1, -0.05) is 12.8 Å². The highest BCUT2D eigenvalue weighted by Gasteiger charge is 2.28. The largest absolute Gasteiger partial charge is 0.339 e. The zero-order valence-electron chi connectivity index (χ0n) is 9.83. The third-order valence-electron chi connectivity index (χ3n) is 3.08. The standard InChI is InChI=1S/C10H18N4O2S/c1-14-6-10(12-7-14)17(15,16)13-9-5-3-2-4-8(9)11/h6-9,13H,2-5,11H2,1H3. The lowest BCUT2D eigenvalue weighted by Gasteiger charge is -2.28. The summed E-state index contributed by atoms with van der Waals surface area (Å²) < 4.78 is 28.3. The SMILES string of the molecule is Cn1cnc(S(=O)(=O)NC2CCCCC2N)c1. The number of aromatic nitrogens is 2. The lowest BCUT2D eigenvalue weighted by molar-refractivity contribution is 0.361. The Bertz CT molecular complexity index is 482. The fourth-order valence-electron chi connectivity index (χ4n) is 2.09. The molecular weight excluding hydrogens is 240 g/mol. The topological polar surface area (TPSA) is 90.0 Å². The third kappa shape index (κ3) is 2.85. The summed E-state index contributed by atoms with van der Waals surface area (Å²) in [6.45, 7) is 0. The number of rotatable bonds is 3. The predicted molar refractivity (Wildman–Crippen MR) is 63.8 cm³/mol. The van der Waals surface area contributed by atoms with E-state index in [1.807, 2.05) is 0 Å². The Labute approximate surface area is 101 Å². The molecule has 6 nitrogen and oxygen atoms in total. The van der Waals surface area contributed by atoms with Gasteiger partial charge in [-0.15, -0.1) is 0 Å². The fourth-order valence-corrected chi connectivity index (χ4v) is 3.40. The van der Waals surface area contributed by atoms with Crippen molar-refractivity contribution in [2.24, 2.45) is 12.8 Å². The highest BCUT2D eigenvalue weighted by Crippen LogP contribution is 2.18. The Kier molecular flexibility index (Phi) is 3.50. The first-order chi connectivity index (χ1) is 7.99. The van der Waals surface area contributed by atoms with Crippen LogP contribution < -0.4 is 10.5 Å². The number of sulfonamides is 1. The van der Waals surface area contributed by atoms with Gasteiger partial charge in [0.2, 0.25) is 0 Å². The van der Waals surface area contributed by atoms with Crippen molar-refractivity contribution in [2.75, 3.05) is 0 Å². The van der Waals surface area contributed by atoms with Crippen LogP contribution in [0.15, 0.2) is 17.6 Å². The number of aryl methyl sites for hydroxylation is 1. The normalized spacial score (nSPS) is 26.0. The van der Waals surface area contributed by atoms with Crippen LogP contribution in [-0.4, -0.2) is 30.1 Å². The quantitative estimate of drug-likeness (QED) is 0.796. The summed E-state index contributed by atoms with van der Waals surface area (Å²) in [6.07, 6.45) is 6.71. The molecule has 0 aliphatic heterocycles. The van der Waals surface area contributed by atoms with Crippen molar-refractivity contribution < 1.29 is 8.42 Å². The summed E-state index contributed by atoms with van der Waals surface area (Å²) >= 11 is 0. The molecule has 0 saturated heterocycles. The molecule has 7 heteroatoms. The highest BCUT2D eigenvalue weighted by atomic mass is 32.2. The van der Waals surface area contributed by atoms with Crippen molar-refractivity contribution in [3.8, 4) is 0 Å². The number of hydrogen-bond acceptors (Lipinski definition) is 4. The lowest BCUT2D eigenvalue weighted by atomic mass is 9.92. The van der Waals surface area contributed by atoms with Crippen LogP contribution in [0.4, 0.5) is 0 Å². The van der Waals surface area contributed by atoms with Crippen LogP contribution in [0.2, 0.25) is 0 Å². The van der Waals surface area contributed by atoms with Gasteiger partial charge >= 0.3 is 0 Å². The molecule has 0 spiro atoms. The minimum Gasteiger partial charge on any atom is -0.339 e. The molecule has 1 heterocycles. The van der Waals surface area contributed by atoms with Gasteiger partial charge in [-0.05, 0) is 12.8 Å². The molecule has 1 aromatic rings.